The lowest BCUT2D eigenvalue weighted by atomic mass is 10.1. The molecule has 0 aliphatic heterocycles. The van der Waals surface area contributed by atoms with Gasteiger partial charge in [0.2, 0.25) is 5.95 Å². The second kappa shape index (κ2) is 7.33. The van der Waals surface area contributed by atoms with Crippen molar-refractivity contribution in [3.8, 4) is 11.3 Å². The van der Waals surface area contributed by atoms with Gasteiger partial charge in [0.15, 0.2) is 5.65 Å². The van der Waals surface area contributed by atoms with Crippen LogP contribution in [0.15, 0.2) is 29.2 Å². The van der Waals surface area contributed by atoms with Crippen molar-refractivity contribution in [3.05, 3.63) is 44.9 Å². The molecule has 0 fully saturated rings. The van der Waals surface area contributed by atoms with Crippen LogP contribution in [-0.2, 0) is 14.1 Å². The van der Waals surface area contributed by atoms with Gasteiger partial charge >= 0.3 is 0 Å². The quantitative estimate of drug-likeness (QED) is 0.489. The number of hydrogen-bond acceptors (Lipinski definition) is 6. The molecule has 4 aromatic rings. The van der Waals surface area contributed by atoms with Gasteiger partial charge in [0, 0.05) is 39.5 Å². The molecule has 11 heteroatoms. The summed E-state index contributed by atoms with van der Waals surface area (Å²) in [5, 5.41) is 16.3. The molecule has 0 amide bonds. The third-order valence-corrected chi connectivity index (χ3v) is 5.85. The van der Waals surface area contributed by atoms with Gasteiger partial charge in [-0.1, -0.05) is 29.8 Å². The molecule has 0 aliphatic carbocycles. The van der Waals surface area contributed by atoms with Gasteiger partial charge in [-0.15, -0.1) is 0 Å². The molecule has 156 valence electrons. The average molecular weight is 447 g/mol. The minimum Gasteiger partial charge on any atom is -0.390 e. The van der Waals surface area contributed by atoms with Gasteiger partial charge in [0.1, 0.15) is 16.2 Å². The zero-order chi connectivity index (χ0) is 21.7. The molecular formula is C19H20Cl2N8O. The summed E-state index contributed by atoms with van der Waals surface area (Å²) in [6.07, 6.45) is 0. The first-order valence-corrected chi connectivity index (χ1v) is 9.83. The van der Waals surface area contributed by atoms with Crippen molar-refractivity contribution >= 4 is 51.1 Å². The first-order chi connectivity index (χ1) is 14.2. The van der Waals surface area contributed by atoms with Crippen molar-refractivity contribution < 1.29 is 0 Å². The molecule has 0 radical (unpaired) electrons. The number of H-pyrrole nitrogens is 1. The van der Waals surface area contributed by atoms with Crippen LogP contribution in [0.3, 0.4) is 0 Å². The molecule has 0 unspecified atom stereocenters. The maximum Gasteiger partial charge on any atom is 0.266 e. The number of anilines is 1. The predicted octanol–water partition coefficient (Wildman–Crippen LogP) is 2.69. The molecule has 4 rings (SSSR count). The Morgan fingerprint density at radius 3 is 2.73 bits per heavy atom. The van der Waals surface area contributed by atoms with Gasteiger partial charge in [0.05, 0.1) is 22.5 Å². The van der Waals surface area contributed by atoms with E-state index in [1.54, 1.807) is 38.0 Å². The molecular weight excluding hydrogens is 427 g/mol. The number of nitrogens with one attached hydrogen (secondary N) is 2. The van der Waals surface area contributed by atoms with E-state index in [9.17, 15) is 4.79 Å². The second-order valence-electron chi connectivity index (χ2n) is 7.02. The standard InChI is InChI=1S/C19H20Cl2N8O/c1-9(22-2)8-27(3)19-23-17-13(18(30)28(19)4)15(24-25-17)10-6-7-11-12(14(10)20)16(21)29(5)26-11/h6-7,22H,1,8H2,2-5H3,(H,24,25). The highest BCUT2D eigenvalue weighted by molar-refractivity contribution is 6.43. The Kier molecular flexibility index (Phi) is 4.95. The summed E-state index contributed by atoms with van der Waals surface area (Å²) in [6, 6.07) is 3.58. The molecule has 0 aliphatic rings. The summed E-state index contributed by atoms with van der Waals surface area (Å²) in [5.74, 6) is 0.482. The second-order valence-corrected chi connectivity index (χ2v) is 7.75. The number of hydrogen-bond donors (Lipinski definition) is 2. The van der Waals surface area contributed by atoms with E-state index in [0.717, 1.165) is 5.70 Å². The predicted molar refractivity (Wildman–Crippen MR) is 120 cm³/mol. The number of halogens is 2. The Bertz CT molecular complexity index is 1370. The minimum absolute atomic E-state index is 0.242. The van der Waals surface area contributed by atoms with Gasteiger partial charge < -0.3 is 10.2 Å². The van der Waals surface area contributed by atoms with E-state index < -0.39 is 0 Å². The molecule has 3 heterocycles. The van der Waals surface area contributed by atoms with Crippen molar-refractivity contribution in [1.82, 2.24) is 34.8 Å². The van der Waals surface area contributed by atoms with Gasteiger partial charge in [-0.3, -0.25) is 19.1 Å². The van der Waals surface area contributed by atoms with E-state index in [1.165, 1.54) is 4.57 Å². The van der Waals surface area contributed by atoms with E-state index in [-0.39, 0.29) is 5.56 Å². The van der Waals surface area contributed by atoms with Gasteiger partial charge in [-0.05, 0) is 12.1 Å². The van der Waals surface area contributed by atoms with E-state index >= 15 is 0 Å². The number of nitrogens with zero attached hydrogens (tertiary/aromatic N) is 6. The first kappa shape index (κ1) is 20.2. The number of fused-ring (bicyclic) bond motifs is 2. The van der Waals surface area contributed by atoms with Crippen LogP contribution in [-0.4, -0.2) is 50.2 Å². The smallest absolute Gasteiger partial charge is 0.266 e. The van der Waals surface area contributed by atoms with Crippen molar-refractivity contribution in [2.75, 3.05) is 25.5 Å². The number of aromatic amines is 1. The molecule has 30 heavy (non-hydrogen) atoms. The SMILES string of the molecule is C=C(CN(C)c1nc2[nH]nc(-c3ccc4nn(C)c(Cl)c4c3Cl)c2c(=O)n1C)NC. The summed E-state index contributed by atoms with van der Waals surface area (Å²) in [5.41, 5.74) is 2.58. The van der Waals surface area contributed by atoms with Crippen molar-refractivity contribution in [1.29, 1.82) is 0 Å². The lowest BCUT2D eigenvalue weighted by molar-refractivity contribution is 0.770. The highest BCUT2D eigenvalue weighted by Gasteiger charge is 2.22. The third kappa shape index (κ3) is 3.01. The van der Waals surface area contributed by atoms with Crippen molar-refractivity contribution in [3.63, 3.8) is 0 Å². The van der Waals surface area contributed by atoms with Gasteiger partial charge in [0.25, 0.3) is 5.56 Å². The van der Waals surface area contributed by atoms with Crippen LogP contribution in [0.2, 0.25) is 10.2 Å². The normalized spacial score (nSPS) is 11.4. The number of aromatic nitrogens is 6. The number of aryl methyl sites for hydroxylation is 1. The Balaban J connectivity index is 1.91. The maximum atomic E-state index is 13.2. The topological polar surface area (TPSA) is 96.7 Å². The number of likely N-dealkylation sites (N-methyl/N-ethyl adjacent to an activating group) is 2. The van der Waals surface area contributed by atoms with E-state index in [2.05, 4.69) is 32.2 Å². The van der Waals surface area contributed by atoms with Crippen LogP contribution in [0, 0.1) is 0 Å². The molecule has 0 saturated heterocycles. The first-order valence-electron chi connectivity index (χ1n) is 9.07. The maximum absolute atomic E-state index is 13.2. The Labute approximate surface area is 181 Å². The fourth-order valence-corrected chi connectivity index (χ4v) is 4.03. The van der Waals surface area contributed by atoms with E-state index in [4.69, 9.17) is 23.2 Å². The zero-order valence-corrected chi connectivity index (χ0v) is 18.4. The number of rotatable bonds is 5. The van der Waals surface area contributed by atoms with Gasteiger partial charge in [-0.2, -0.15) is 15.2 Å². The van der Waals surface area contributed by atoms with E-state index in [0.29, 0.717) is 55.9 Å². The lowest BCUT2D eigenvalue weighted by Crippen LogP contribution is -2.32. The van der Waals surface area contributed by atoms with Crippen LogP contribution < -0.4 is 15.8 Å². The van der Waals surface area contributed by atoms with Crippen LogP contribution in [0.4, 0.5) is 5.95 Å². The summed E-state index contributed by atoms with van der Waals surface area (Å²) in [4.78, 5) is 19.6. The van der Waals surface area contributed by atoms with Crippen LogP contribution >= 0.6 is 23.2 Å². The Morgan fingerprint density at radius 2 is 2.03 bits per heavy atom. The summed E-state index contributed by atoms with van der Waals surface area (Å²) in [6.45, 7) is 4.41. The highest BCUT2D eigenvalue weighted by Crippen LogP contribution is 2.38. The number of benzene rings is 1. The molecule has 2 N–H and O–H groups in total. The summed E-state index contributed by atoms with van der Waals surface area (Å²) < 4.78 is 3.03. The Hall–Kier alpha value is -3.04. The minimum atomic E-state index is -0.242. The fourth-order valence-electron chi connectivity index (χ4n) is 3.42. The average Bonchev–Trinajstić information content (AvgIpc) is 3.26. The largest absolute Gasteiger partial charge is 0.390 e. The fraction of sp³-hybridized carbons (Fsp3) is 0.263. The van der Waals surface area contributed by atoms with Crippen LogP contribution in [0.1, 0.15) is 0 Å². The molecule has 0 atom stereocenters. The van der Waals surface area contributed by atoms with Crippen molar-refractivity contribution in [2.24, 2.45) is 14.1 Å². The zero-order valence-electron chi connectivity index (χ0n) is 16.9. The Morgan fingerprint density at radius 1 is 1.30 bits per heavy atom. The molecule has 9 nitrogen and oxygen atoms in total. The molecule has 0 bridgehead atoms. The van der Waals surface area contributed by atoms with Crippen LogP contribution in [0.25, 0.3) is 33.2 Å². The summed E-state index contributed by atoms with van der Waals surface area (Å²) in [7, 11) is 7.04. The molecule has 0 saturated carbocycles. The molecule has 0 spiro atoms. The highest BCUT2D eigenvalue weighted by atomic mass is 35.5. The summed E-state index contributed by atoms with van der Waals surface area (Å²) >= 11 is 13.0. The lowest BCUT2D eigenvalue weighted by Gasteiger charge is -2.21. The van der Waals surface area contributed by atoms with Crippen molar-refractivity contribution in [2.45, 2.75) is 0 Å². The van der Waals surface area contributed by atoms with Gasteiger partial charge in [-0.25, -0.2) is 0 Å². The monoisotopic (exact) mass is 446 g/mol. The molecule has 1 aromatic carbocycles. The van der Waals surface area contributed by atoms with Crippen LogP contribution in [0.5, 0.6) is 0 Å². The molecule has 3 aromatic heterocycles. The van der Waals surface area contributed by atoms with E-state index in [1.807, 2.05) is 11.9 Å². The third-order valence-electron chi connectivity index (χ3n) is 5.02.